The Morgan fingerprint density at radius 3 is 2.48 bits per heavy atom. The lowest BCUT2D eigenvalue weighted by Gasteiger charge is -2.31. The molecule has 5 rings (SSSR count). The van der Waals surface area contributed by atoms with Crippen LogP contribution < -0.4 is 14.2 Å². The van der Waals surface area contributed by atoms with Crippen LogP contribution in [0.2, 0.25) is 0 Å². The molecule has 1 amide bonds. The van der Waals surface area contributed by atoms with Crippen molar-refractivity contribution >= 4 is 16.1 Å². The van der Waals surface area contributed by atoms with Crippen LogP contribution in [0.3, 0.4) is 0 Å². The molecule has 10 nitrogen and oxygen atoms in total. The Bertz CT molecular complexity index is 1600. The van der Waals surface area contributed by atoms with Crippen LogP contribution in [0, 0.1) is 11.7 Å². The molecular formula is C32H37FN2O8S. The van der Waals surface area contributed by atoms with E-state index in [2.05, 4.69) is 0 Å². The summed E-state index contributed by atoms with van der Waals surface area (Å²) in [6, 6.07) is 17.2. The number of hydrogen-bond donors (Lipinski definition) is 1. The molecule has 0 aromatic heterocycles. The van der Waals surface area contributed by atoms with Gasteiger partial charge in [0.2, 0.25) is 16.8 Å². The zero-order chi connectivity index (χ0) is 31.6. The molecule has 0 aliphatic carbocycles. The molecule has 2 atom stereocenters. The molecule has 2 aliphatic heterocycles. The van der Waals surface area contributed by atoms with Crippen LogP contribution in [0.4, 0.5) is 9.18 Å². The fourth-order valence-corrected chi connectivity index (χ4v) is 7.28. The number of carbonyl (C=O) groups is 1. The van der Waals surface area contributed by atoms with Crippen molar-refractivity contribution < 1.29 is 41.7 Å². The third-order valence-corrected chi connectivity index (χ3v) is 9.41. The number of sulfonamides is 1. The second-order valence-electron chi connectivity index (χ2n) is 11.8. The summed E-state index contributed by atoms with van der Waals surface area (Å²) >= 11 is 0. The second kappa shape index (κ2) is 12.6. The zero-order valence-corrected chi connectivity index (χ0v) is 25.9. The highest BCUT2D eigenvalue weighted by Crippen LogP contribution is 2.37. The van der Waals surface area contributed by atoms with Gasteiger partial charge >= 0.3 is 6.09 Å². The molecule has 3 aromatic rings. The Morgan fingerprint density at radius 2 is 1.80 bits per heavy atom. The van der Waals surface area contributed by atoms with E-state index in [-0.39, 0.29) is 49.5 Å². The molecule has 1 N–H and O–H groups in total. The van der Waals surface area contributed by atoms with Gasteiger partial charge in [0.05, 0.1) is 17.0 Å². The lowest BCUT2D eigenvalue weighted by atomic mass is 10.00. The molecule has 0 spiro atoms. The minimum atomic E-state index is -4.00. The number of fused-ring (bicyclic) bond motifs is 1. The van der Waals surface area contributed by atoms with Gasteiger partial charge < -0.3 is 24.1 Å². The van der Waals surface area contributed by atoms with Crippen molar-refractivity contribution in [2.75, 3.05) is 19.9 Å². The van der Waals surface area contributed by atoms with Crippen LogP contribution in [0.15, 0.2) is 71.6 Å². The molecule has 0 saturated carbocycles. The summed E-state index contributed by atoms with van der Waals surface area (Å²) < 4.78 is 65.5. The normalized spacial score (nSPS) is 19.1. The fraction of sp³-hybridized carbons (Fsp3) is 0.406. The number of ether oxygens (including phenoxy) is 4. The van der Waals surface area contributed by atoms with Crippen LogP contribution in [-0.2, 0) is 27.8 Å². The van der Waals surface area contributed by atoms with Gasteiger partial charge in [-0.15, -0.1) is 0 Å². The predicted molar refractivity (Wildman–Crippen MR) is 160 cm³/mol. The number of nitrogens with zero attached hydrogens (tertiary/aromatic N) is 2. The molecule has 0 unspecified atom stereocenters. The Labute approximate surface area is 256 Å². The lowest BCUT2D eigenvalue weighted by molar-refractivity contribution is -0.0690. The maximum Gasteiger partial charge on any atom is 0.409 e. The highest BCUT2D eigenvalue weighted by Gasteiger charge is 2.51. The number of benzene rings is 3. The van der Waals surface area contributed by atoms with Crippen molar-refractivity contribution in [3.05, 3.63) is 83.7 Å². The number of halogens is 1. The van der Waals surface area contributed by atoms with Crippen LogP contribution in [0.1, 0.15) is 38.8 Å². The first-order valence-electron chi connectivity index (χ1n) is 14.4. The summed E-state index contributed by atoms with van der Waals surface area (Å²) in [7, 11) is -4.00. The molecule has 2 aliphatic rings. The maximum atomic E-state index is 13.9. The van der Waals surface area contributed by atoms with E-state index in [1.54, 1.807) is 44.2 Å². The number of amides is 1. The van der Waals surface area contributed by atoms with E-state index in [1.807, 2.05) is 26.0 Å². The van der Waals surface area contributed by atoms with Gasteiger partial charge in [0.15, 0.2) is 11.5 Å². The largest absolute Gasteiger partial charge is 0.489 e. The van der Waals surface area contributed by atoms with Gasteiger partial charge in [-0.25, -0.2) is 17.6 Å². The van der Waals surface area contributed by atoms with Gasteiger partial charge in [-0.3, -0.25) is 4.90 Å². The van der Waals surface area contributed by atoms with Crippen molar-refractivity contribution in [3.8, 4) is 17.2 Å². The van der Waals surface area contributed by atoms with E-state index >= 15 is 0 Å². The molecule has 1 saturated heterocycles. The van der Waals surface area contributed by atoms with E-state index in [4.69, 9.17) is 18.9 Å². The summed E-state index contributed by atoms with van der Waals surface area (Å²) in [4.78, 5) is 13.8. The molecule has 44 heavy (non-hydrogen) atoms. The smallest absolute Gasteiger partial charge is 0.409 e. The fourth-order valence-electron chi connectivity index (χ4n) is 5.65. The summed E-state index contributed by atoms with van der Waals surface area (Å²) in [6.07, 6.45) is -1.64. The Hall–Kier alpha value is -3.87. The number of rotatable bonds is 11. The molecular weight excluding hydrogens is 591 g/mol. The summed E-state index contributed by atoms with van der Waals surface area (Å²) in [5.74, 6) is 1.05. The van der Waals surface area contributed by atoms with Crippen molar-refractivity contribution in [2.24, 2.45) is 5.92 Å². The maximum absolute atomic E-state index is 13.9. The summed E-state index contributed by atoms with van der Waals surface area (Å²) in [5, 5.41) is 10.2. The van der Waals surface area contributed by atoms with Crippen molar-refractivity contribution in [1.82, 2.24) is 9.21 Å². The minimum absolute atomic E-state index is 0.0119. The summed E-state index contributed by atoms with van der Waals surface area (Å²) in [6.45, 7) is 7.52. The first-order valence-corrected chi connectivity index (χ1v) is 15.8. The van der Waals surface area contributed by atoms with Gasteiger partial charge in [-0.2, -0.15) is 4.31 Å². The molecule has 12 heteroatoms. The third-order valence-electron chi connectivity index (χ3n) is 7.58. The first kappa shape index (κ1) is 31.6. The van der Waals surface area contributed by atoms with Crippen LogP contribution in [-0.4, -0.2) is 66.6 Å². The van der Waals surface area contributed by atoms with Crippen molar-refractivity contribution in [1.29, 1.82) is 0 Å². The van der Waals surface area contributed by atoms with Crippen LogP contribution >= 0.6 is 0 Å². The van der Waals surface area contributed by atoms with Gasteiger partial charge in [0.25, 0.3) is 0 Å². The van der Waals surface area contributed by atoms with Gasteiger partial charge in [-0.1, -0.05) is 38.1 Å². The van der Waals surface area contributed by atoms with E-state index in [0.29, 0.717) is 22.8 Å². The number of carboxylic acid groups (broad SMARTS) is 1. The van der Waals surface area contributed by atoms with E-state index < -0.39 is 34.0 Å². The molecule has 2 heterocycles. The van der Waals surface area contributed by atoms with Gasteiger partial charge in [-0.05, 0) is 73.7 Å². The predicted octanol–water partition coefficient (Wildman–Crippen LogP) is 5.51. The highest BCUT2D eigenvalue weighted by molar-refractivity contribution is 7.89. The summed E-state index contributed by atoms with van der Waals surface area (Å²) in [5.41, 5.74) is 0.321. The van der Waals surface area contributed by atoms with Gasteiger partial charge in [0, 0.05) is 19.2 Å². The lowest BCUT2D eigenvalue weighted by Crippen LogP contribution is -2.50. The molecule has 1 fully saturated rings. The topological polar surface area (TPSA) is 115 Å². The molecule has 236 valence electrons. The molecule has 0 bridgehead atoms. The van der Waals surface area contributed by atoms with E-state index in [0.717, 1.165) is 5.56 Å². The standard InChI is InChI=1S/C32H37FN2O8S/c1-21(2)17-34(44(38,39)26-12-13-28-29(16-26)42-20-41-28)18-30-27(35(31(36)37)32(3,4)43-30)15-22-8-10-25(11-9-22)40-19-23-6-5-7-24(33)14-23/h5-14,16,21,27,30H,15,17-20H2,1-4H3,(H,36,37)/t27-,30+/m0/s1. The second-order valence-corrected chi connectivity index (χ2v) is 13.8. The average Bonchev–Trinajstić information content (AvgIpc) is 3.52. The molecule has 0 radical (unpaired) electrons. The average molecular weight is 629 g/mol. The molecule has 3 aromatic carbocycles. The van der Waals surface area contributed by atoms with E-state index in [1.165, 1.54) is 33.5 Å². The third kappa shape index (κ3) is 6.92. The van der Waals surface area contributed by atoms with Crippen LogP contribution in [0.25, 0.3) is 0 Å². The van der Waals surface area contributed by atoms with Crippen molar-refractivity contribution in [2.45, 2.75) is 63.5 Å². The highest BCUT2D eigenvalue weighted by atomic mass is 32.2. The SMILES string of the molecule is CC(C)CN(C[C@H]1OC(C)(C)N(C(=O)O)[C@H]1Cc1ccc(OCc2cccc(F)c2)cc1)S(=O)(=O)c1ccc2c(c1)OCO2. The van der Waals surface area contributed by atoms with E-state index in [9.17, 15) is 22.7 Å². The number of hydrogen-bond acceptors (Lipinski definition) is 7. The quantitative estimate of drug-likeness (QED) is 0.296. The minimum Gasteiger partial charge on any atom is -0.489 e. The van der Waals surface area contributed by atoms with Crippen LogP contribution in [0.5, 0.6) is 17.2 Å². The van der Waals surface area contributed by atoms with Gasteiger partial charge in [0.1, 0.15) is 23.9 Å². The Kier molecular flexibility index (Phi) is 9.05. The Morgan fingerprint density at radius 1 is 1.07 bits per heavy atom. The monoisotopic (exact) mass is 628 g/mol. The van der Waals surface area contributed by atoms with Crippen molar-refractivity contribution in [3.63, 3.8) is 0 Å². The first-order chi connectivity index (χ1) is 20.8. The Balaban J connectivity index is 1.37. The zero-order valence-electron chi connectivity index (χ0n) is 25.1.